The zero-order valence-corrected chi connectivity index (χ0v) is 29.1. The molecule has 47 heavy (non-hydrogen) atoms. The van der Waals surface area contributed by atoms with E-state index < -0.39 is 28.5 Å². The van der Waals surface area contributed by atoms with Crippen LogP contribution in [0.4, 0.5) is 5.69 Å². The molecule has 1 atom stereocenters. The Morgan fingerprint density at radius 2 is 1.43 bits per heavy atom. The Kier molecular flexibility index (Phi) is 11.7. The molecule has 5 rings (SSSR count). The maximum atomic E-state index is 14.6. The topological polar surface area (TPSA) is 86.8 Å². The molecule has 1 N–H and O–H groups in total. The van der Waals surface area contributed by atoms with Gasteiger partial charge in [-0.1, -0.05) is 120 Å². The lowest BCUT2D eigenvalue weighted by atomic mass is 10.0. The molecular weight excluding hydrogens is 700 g/mol. The maximum Gasteiger partial charge on any atom is 0.264 e. The number of carbonyl (C=O) groups is 2. The van der Waals surface area contributed by atoms with Crippen molar-refractivity contribution in [3.05, 3.63) is 128 Å². The van der Waals surface area contributed by atoms with Gasteiger partial charge in [0.2, 0.25) is 11.8 Å². The molecule has 7 nitrogen and oxygen atoms in total. The lowest BCUT2D eigenvalue weighted by Crippen LogP contribution is -2.54. The monoisotopic (exact) mass is 731 g/mol. The number of hydrogen-bond acceptors (Lipinski definition) is 4. The van der Waals surface area contributed by atoms with Crippen molar-refractivity contribution in [2.75, 3.05) is 10.8 Å². The van der Waals surface area contributed by atoms with Crippen LogP contribution in [0.2, 0.25) is 20.1 Å². The quantitative estimate of drug-likeness (QED) is 0.159. The third-order valence-electron chi connectivity index (χ3n) is 8.12. The third-order valence-corrected chi connectivity index (χ3v) is 11.4. The Morgan fingerprint density at radius 1 is 0.766 bits per heavy atom. The van der Waals surface area contributed by atoms with Crippen LogP contribution in [0.5, 0.6) is 0 Å². The average molecular weight is 734 g/mol. The van der Waals surface area contributed by atoms with Crippen molar-refractivity contribution in [3.63, 3.8) is 0 Å². The smallest absolute Gasteiger partial charge is 0.264 e. The largest absolute Gasteiger partial charge is 0.352 e. The van der Waals surface area contributed by atoms with E-state index in [0.29, 0.717) is 10.6 Å². The molecule has 0 saturated heterocycles. The van der Waals surface area contributed by atoms with Gasteiger partial charge in [-0.25, -0.2) is 8.42 Å². The van der Waals surface area contributed by atoms with E-state index in [9.17, 15) is 18.0 Å². The first-order valence-corrected chi connectivity index (χ1v) is 18.1. The zero-order valence-electron chi connectivity index (χ0n) is 25.3. The van der Waals surface area contributed by atoms with Crippen LogP contribution in [0.3, 0.4) is 0 Å². The Hall–Kier alpha value is -3.27. The van der Waals surface area contributed by atoms with Crippen molar-refractivity contribution in [1.29, 1.82) is 0 Å². The second-order valence-corrected chi connectivity index (χ2v) is 14.8. The number of sulfonamides is 1. The molecule has 0 bridgehead atoms. The van der Waals surface area contributed by atoms with Gasteiger partial charge >= 0.3 is 0 Å². The number of halogens is 4. The second kappa shape index (κ2) is 15.8. The molecule has 1 fully saturated rings. The molecule has 4 aromatic rings. The van der Waals surface area contributed by atoms with Gasteiger partial charge < -0.3 is 10.2 Å². The predicted molar refractivity (Wildman–Crippen MR) is 189 cm³/mol. The van der Waals surface area contributed by atoms with E-state index in [1.54, 1.807) is 42.5 Å². The van der Waals surface area contributed by atoms with Crippen LogP contribution >= 0.6 is 46.4 Å². The Bertz CT molecular complexity index is 1820. The van der Waals surface area contributed by atoms with Gasteiger partial charge in [-0.15, -0.1) is 0 Å². The van der Waals surface area contributed by atoms with Crippen molar-refractivity contribution in [1.82, 2.24) is 10.2 Å². The van der Waals surface area contributed by atoms with Crippen molar-refractivity contribution >= 4 is 73.9 Å². The molecule has 0 aliphatic heterocycles. The van der Waals surface area contributed by atoms with Gasteiger partial charge in [0, 0.05) is 19.0 Å². The molecule has 1 aliphatic rings. The van der Waals surface area contributed by atoms with Gasteiger partial charge in [0.1, 0.15) is 12.6 Å². The summed E-state index contributed by atoms with van der Waals surface area (Å²) in [5, 5.41) is 3.86. The summed E-state index contributed by atoms with van der Waals surface area (Å²) in [6.07, 6.45) is 3.90. The summed E-state index contributed by atoms with van der Waals surface area (Å²) in [6.45, 7) is -0.714. The molecule has 1 unspecified atom stereocenters. The highest BCUT2D eigenvalue weighted by Gasteiger charge is 2.36. The Morgan fingerprint density at radius 3 is 2.09 bits per heavy atom. The predicted octanol–water partition coefficient (Wildman–Crippen LogP) is 8.19. The Balaban J connectivity index is 1.60. The minimum absolute atomic E-state index is 0.0112. The van der Waals surface area contributed by atoms with Crippen molar-refractivity contribution in [3.8, 4) is 0 Å². The molecule has 1 saturated carbocycles. The normalized spacial score (nSPS) is 14.0. The SMILES string of the molecule is O=C(NC1CCCC1)C(Cc1ccccc1)N(Cc1ccc(Cl)c(Cl)c1)C(=O)CN(c1cccc(Cl)c1Cl)S(=O)(=O)c1ccccc1. The molecule has 0 aromatic heterocycles. The fourth-order valence-corrected chi connectivity index (χ4v) is 7.89. The van der Waals surface area contributed by atoms with Crippen LogP contribution in [0, 0.1) is 0 Å². The van der Waals surface area contributed by atoms with Crippen LogP contribution in [0.1, 0.15) is 36.8 Å². The standard InChI is InChI=1S/C35H33Cl4N3O4S/c36-28-19-18-25(20-30(28)38)22-41(32(21-24-10-3-1-4-11-24)35(44)40-26-12-7-8-13-26)33(43)23-42(31-17-9-16-29(37)34(31)39)47(45,46)27-14-5-2-6-15-27/h1-6,9-11,14-20,26,32H,7-8,12-13,21-23H2,(H,40,44). The molecule has 2 amide bonds. The van der Waals surface area contributed by atoms with E-state index in [0.717, 1.165) is 35.6 Å². The lowest BCUT2D eigenvalue weighted by molar-refractivity contribution is -0.140. The molecule has 0 spiro atoms. The molecule has 4 aromatic carbocycles. The zero-order chi connectivity index (χ0) is 33.6. The Labute approximate surface area is 295 Å². The van der Waals surface area contributed by atoms with Crippen LogP contribution in [0.15, 0.2) is 102 Å². The fourth-order valence-electron chi connectivity index (χ4n) is 5.67. The molecule has 1 aliphatic carbocycles. The number of nitrogens with one attached hydrogen (secondary N) is 1. The maximum absolute atomic E-state index is 14.6. The van der Waals surface area contributed by atoms with Gasteiger partial charge in [0.15, 0.2) is 0 Å². The average Bonchev–Trinajstić information content (AvgIpc) is 3.58. The third kappa shape index (κ3) is 8.61. The number of anilines is 1. The number of benzene rings is 4. The first-order chi connectivity index (χ1) is 22.5. The minimum atomic E-state index is -4.33. The molecular formula is C35H33Cl4N3O4S. The summed E-state index contributed by atoms with van der Waals surface area (Å²) in [5.74, 6) is -0.957. The van der Waals surface area contributed by atoms with Crippen LogP contribution in [-0.2, 0) is 32.6 Å². The highest BCUT2D eigenvalue weighted by Crippen LogP contribution is 2.36. The van der Waals surface area contributed by atoms with E-state index in [1.807, 2.05) is 30.3 Å². The van der Waals surface area contributed by atoms with E-state index in [4.69, 9.17) is 46.4 Å². The summed E-state index contributed by atoms with van der Waals surface area (Å²) in [7, 11) is -4.33. The molecule has 246 valence electrons. The number of carbonyl (C=O) groups excluding carboxylic acids is 2. The number of hydrogen-bond donors (Lipinski definition) is 1. The van der Waals surface area contributed by atoms with Gasteiger partial charge in [0.05, 0.1) is 30.7 Å². The van der Waals surface area contributed by atoms with E-state index in [1.165, 1.54) is 29.2 Å². The lowest BCUT2D eigenvalue weighted by Gasteiger charge is -2.34. The summed E-state index contributed by atoms with van der Waals surface area (Å²) < 4.78 is 29.3. The molecule has 0 radical (unpaired) electrons. The van der Waals surface area contributed by atoms with Crippen LogP contribution < -0.4 is 9.62 Å². The van der Waals surface area contributed by atoms with Crippen molar-refractivity contribution < 1.29 is 18.0 Å². The van der Waals surface area contributed by atoms with Crippen LogP contribution in [0.25, 0.3) is 0 Å². The fraction of sp³-hybridized carbons (Fsp3) is 0.257. The summed E-state index contributed by atoms with van der Waals surface area (Å²) >= 11 is 25.4. The van der Waals surface area contributed by atoms with Gasteiger partial charge in [0.25, 0.3) is 10.0 Å². The number of nitrogens with zero attached hydrogens (tertiary/aromatic N) is 2. The molecule has 0 heterocycles. The van der Waals surface area contributed by atoms with E-state index in [2.05, 4.69) is 5.32 Å². The second-order valence-electron chi connectivity index (χ2n) is 11.4. The van der Waals surface area contributed by atoms with E-state index >= 15 is 0 Å². The van der Waals surface area contributed by atoms with Crippen LogP contribution in [-0.4, -0.2) is 43.8 Å². The number of rotatable bonds is 12. The first-order valence-electron chi connectivity index (χ1n) is 15.1. The first kappa shape index (κ1) is 35.0. The van der Waals surface area contributed by atoms with Gasteiger partial charge in [-0.3, -0.25) is 13.9 Å². The summed E-state index contributed by atoms with van der Waals surface area (Å²) in [6, 6.07) is 25.6. The van der Waals surface area contributed by atoms with Gasteiger partial charge in [-0.2, -0.15) is 0 Å². The highest BCUT2D eigenvalue weighted by atomic mass is 35.5. The van der Waals surface area contributed by atoms with Crippen molar-refractivity contribution in [2.45, 2.75) is 55.6 Å². The minimum Gasteiger partial charge on any atom is -0.352 e. The summed E-state index contributed by atoms with van der Waals surface area (Å²) in [5.41, 5.74) is 1.47. The van der Waals surface area contributed by atoms with Gasteiger partial charge in [-0.05, 0) is 60.4 Å². The highest BCUT2D eigenvalue weighted by molar-refractivity contribution is 7.92. The van der Waals surface area contributed by atoms with E-state index in [-0.39, 0.29) is 50.6 Å². The molecule has 12 heteroatoms. The number of amides is 2. The summed E-state index contributed by atoms with van der Waals surface area (Å²) in [4.78, 5) is 30.1. The van der Waals surface area contributed by atoms with Crippen molar-refractivity contribution in [2.24, 2.45) is 0 Å².